The number of aryl methyl sites for hydroxylation is 1. The lowest BCUT2D eigenvalue weighted by Crippen LogP contribution is -2.29. The van der Waals surface area contributed by atoms with Crippen LogP contribution in [0.15, 0.2) is 17.0 Å². The minimum absolute atomic E-state index is 0.0276. The Morgan fingerprint density at radius 2 is 2.15 bits per heavy atom. The lowest BCUT2D eigenvalue weighted by atomic mass is 10.2. The third-order valence-electron chi connectivity index (χ3n) is 2.66. The van der Waals surface area contributed by atoms with E-state index >= 15 is 0 Å². The lowest BCUT2D eigenvalue weighted by Gasteiger charge is -2.12. The van der Waals surface area contributed by atoms with Gasteiger partial charge in [0.2, 0.25) is 10.0 Å². The van der Waals surface area contributed by atoms with Gasteiger partial charge >= 0.3 is 0 Å². The summed E-state index contributed by atoms with van der Waals surface area (Å²) < 4.78 is 44.7. The Morgan fingerprint density at radius 1 is 1.50 bits per heavy atom. The van der Waals surface area contributed by atoms with Gasteiger partial charge < -0.3 is 15.6 Å². The summed E-state index contributed by atoms with van der Waals surface area (Å²) in [5.41, 5.74) is 5.85. The Bertz CT molecular complexity index is 563. The average molecular weight is 306 g/mol. The molecule has 1 aromatic carbocycles. The second kappa shape index (κ2) is 6.98. The molecule has 0 spiro atoms. The highest BCUT2D eigenvalue weighted by Crippen LogP contribution is 2.21. The molecule has 0 amide bonds. The van der Waals surface area contributed by atoms with Gasteiger partial charge in [0.05, 0.1) is 12.7 Å². The highest BCUT2D eigenvalue weighted by molar-refractivity contribution is 7.89. The van der Waals surface area contributed by atoms with E-state index < -0.39 is 26.8 Å². The van der Waals surface area contributed by atoms with E-state index in [-0.39, 0.29) is 30.8 Å². The third-order valence-corrected chi connectivity index (χ3v) is 4.12. The zero-order valence-corrected chi connectivity index (χ0v) is 12.2. The van der Waals surface area contributed by atoms with Gasteiger partial charge in [0, 0.05) is 19.3 Å². The predicted octanol–water partition coefficient (Wildman–Crippen LogP) is 0.392. The molecule has 1 aromatic rings. The molecule has 0 heterocycles. The van der Waals surface area contributed by atoms with Crippen molar-refractivity contribution in [1.29, 1.82) is 0 Å². The molecule has 0 fully saturated rings. The molecule has 1 unspecified atom stereocenters. The maximum absolute atomic E-state index is 13.8. The fourth-order valence-corrected chi connectivity index (χ4v) is 2.90. The molecule has 1 rings (SSSR count). The first-order chi connectivity index (χ1) is 9.27. The van der Waals surface area contributed by atoms with E-state index in [9.17, 15) is 17.9 Å². The molecule has 0 saturated carbocycles. The van der Waals surface area contributed by atoms with Crippen LogP contribution in [0.2, 0.25) is 0 Å². The summed E-state index contributed by atoms with van der Waals surface area (Å²) in [5.74, 6) is -0.830. The minimum atomic E-state index is -4.00. The van der Waals surface area contributed by atoms with Crippen LogP contribution in [0.1, 0.15) is 12.0 Å². The molecule has 6 nitrogen and oxygen atoms in total. The Kier molecular flexibility index (Phi) is 5.88. The van der Waals surface area contributed by atoms with Gasteiger partial charge in [-0.05, 0) is 31.0 Å². The van der Waals surface area contributed by atoms with Gasteiger partial charge in [-0.2, -0.15) is 0 Å². The van der Waals surface area contributed by atoms with Crippen LogP contribution in [-0.4, -0.2) is 39.9 Å². The zero-order chi connectivity index (χ0) is 15.3. The van der Waals surface area contributed by atoms with Crippen molar-refractivity contribution < 1.29 is 22.7 Å². The van der Waals surface area contributed by atoms with Gasteiger partial charge in [-0.3, -0.25) is 0 Å². The molecule has 0 aliphatic carbocycles. The summed E-state index contributed by atoms with van der Waals surface area (Å²) in [6.45, 7) is 1.51. The van der Waals surface area contributed by atoms with Crippen LogP contribution in [0, 0.1) is 12.7 Å². The van der Waals surface area contributed by atoms with Crippen molar-refractivity contribution in [2.24, 2.45) is 0 Å². The molecule has 114 valence electrons. The molecule has 1 atom stereocenters. The van der Waals surface area contributed by atoms with E-state index in [0.29, 0.717) is 0 Å². The average Bonchev–Trinajstić information content (AvgIpc) is 2.33. The van der Waals surface area contributed by atoms with Gasteiger partial charge in [-0.1, -0.05) is 0 Å². The fraction of sp³-hybridized carbons (Fsp3) is 0.500. The third kappa shape index (κ3) is 4.41. The molecule has 0 aliphatic heterocycles. The van der Waals surface area contributed by atoms with Gasteiger partial charge in [0.25, 0.3) is 0 Å². The first kappa shape index (κ1) is 16.8. The lowest BCUT2D eigenvalue weighted by molar-refractivity contribution is 0.0603. The smallest absolute Gasteiger partial charge is 0.243 e. The molecule has 0 bridgehead atoms. The monoisotopic (exact) mass is 306 g/mol. The van der Waals surface area contributed by atoms with Crippen LogP contribution in [-0.2, 0) is 14.8 Å². The number of hydrogen-bond acceptors (Lipinski definition) is 5. The van der Waals surface area contributed by atoms with Gasteiger partial charge in [-0.15, -0.1) is 0 Å². The second-order valence-corrected chi connectivity index (χ2v) is 6.18. The Morgan fingerprint density at radius 3 is 2.75 bits per heavy atom. The van der Waals surface area contributed by atoms with Crippen LogP contribution >= 0.6 is 0 Å². The van der Waals surface area contributed by atoms with Crippen molar-refractivity contribution >= 4 is 15.7 Å². The quantitative estimate of drug-likeness (QED) is 0.633. The predicted molar refractivity (Wildman–Crippen MR) is 73.2 cm³/mol. The van der Waals surface area contributed by atoms with E-state index in [4.69, 9.17) is 10.5 Å². The number of aliphatic hydroxyl groups excluding tert-OH is 1. The number of anilines is 1. The molecular weight excluding hydrogens is 287 g/mol. The standard InChI is InChI=1S/C12H19FN2O4S/c1-8-5-9(14)6-11(12(8)13)20(17,18)15-4-3-10(16)7-19-2/h5-6,10,15-16H,3-4,7,14H2,1-2H3. The number of nitrogens with one attached hydrogen (secondary N) is 1. The summed E-state index contributed by atoms with van der Waals surface area (Å²) in [6, 6.07) is 2.42. The van der Waals surface area contributed by atoms with Crippen molar-refractivity contribution in [3.8, 4) is 0 Å². The number of benzene rings is 1. The molecule has 8 heteroatoms. The first-order valence-electron chi connectivity index (χ1n) is 6.00. The van der Waals surface area contributed by atoms with Crippen LogP contribution in [0.5, 0.6) is 0 Å². The summed E-state index contributed by atoms with van der Waals surface area (Å²) >= 11 is 0. The van der Waals surface area contributed by atoms with Crippen LogP contribution in [0.3, 0.4) is 0 Å². The van der Waals surface area contributed by atoms with Crippen LogP contribution in [0.4, 0.5) is 10.1 Å². The van der Waals surface area contributed by atoms with E-state index in [2.05, 4.69) is 4.72 Å². The molecule has 4 N–H and O–H groups in total. The number of aliphatic hydroxyl groups is 1. The number of halogens is 1. The summed E-state index contributed by atoms with van der Waals surface area (Å²) in [6.07, 6.45) is -0.620. The van der Waals surface area contributed by atoms with Crippen LogP contribution < -0.4 is 10.5 Å². The molecule has 0 radical (unpaired) electrons. The molecule has 0 aliphatic rings. The summed E-state index contributed by atoms with van der Waals surface area (Å²) in [4.78, 5) is -0.490. The SMILES string of the molecule is COCC(O)CCNS(=O)(=O)c1cc(N)cc(C)c1F. The highest BCUT2D eigenvalue weighted by atomic mass is 32.2. The molecular formula is C12H19FN2O4S. The topological polar surface area (TPSA) is 102 Å². The Balaban J connectivity index is 2.80. The highest BCUT2D eigenvalue weighted by Gasteiger charge is 2.21. The van der Waals surface area contributed by atoms with Gasteiger partial charge in [0.1, 0.15) is 10.7 Å². The Hall–Kier alpha value is -1.22. The van der Waals surface area contributed by atoms with Gasteiger partial charge in [0.15, 0.2) is 0 Å². The number of ether oxygens (including phenoxy) is 1. The minimum Gasteiger partial charge on any atom is -0.399 e. The van der Waals surface area contributed by atoms with Crippen LogP contribution in [0.25, 0.3) is 0 Å². The fourth-order valence-electron chi connectivity index (χ4n) is 1.67. The van der Waals surface area contributed by atoms with E-state index in [1.54, 1.807) is 0 Å². The number of nitrogen functional groups attached to an aromatic ring is 1. The number of rotatable bonds is 7. The van der Waals surface area contributed by atoms with Gasteiger partial charge in [-0.25, -0.2) is 17.5 Å². The molecule has 0 aromatic heterocycles. The molecule has 0 saturated heterocycles. The van der Waals surface area contributed by atoms with E-state index in [1.807, 2.05) is 0 Å². The van der Waals surface area contributed by atoms with E-state index in [0.717, 1.165) is 6.07 Å². The largest absolute Gasteiger partial charge is 0.399 e. The first-order valence-corrected chi connectivity index (χ1v) is 7.48. The van der Waals surface area contributed by atoms with Crippen molar-refractivity contribution in [3.05, 3.63) is 23.5 Å². The second-order valence-electron chi connectivity index (χ2n) is 4.45. The normalized spacial score (nSPS) is 13.4. The van der Waals surface area contributed by atoms with Crippen molar-refractivity contribution in [3.63, 3.8) is 0 Å². The number of methoxy groups -OCH3 is 1. The number of hydrogen-bond donors (Lipinski definition) is 3. The van der Waals surface area contributed by atoms with E-state index in [1.165, 1.54) is 20.1 Å². The number of nitrogens with two attached hydrogens (primary N) is 1. The Labute approximate surface area is 117 Å². The van der Waals surface area contributed by atoms with Crippen molar-refractivity contribution in [1.82, 2.24) is 4.72 Å². The zero-order valence-electron chi connectivity index (χ0n) is 11.4. The summed E-state index contributed by atoms with van der Waals surface area (Å²) in [7, 11) is -2.57. The summed E-state index contributed by atoms with van der Waals surface area (Å²) in [5, 5.41) is 9.41. The number of sulfonamides is 1. The van der Waals surface area contributed by atoms with Crippen molar-refractivity contribution in [2.45, 2.75) is 24.3 Å². The maximum atomic E-state index is 13.8. The van der Waals surface area contributed by atoms with Crippen molar-refractivity contribution in [2.75, 3.05) is 26.0 Å². The molecule has 20 heavy (non-hydrogen) atoms. The maximum Gasteiger partial charge on any atom is 0.243 e.